The molecular weight excluding hydrogens is 361 g/mol. The molecule has 1 unspecified atom stereocenters. The number of benzene rings is 1. The zero-order chi connectivity index (χ0) is 19.3. The molecule has 0 bridgehead atoms. The van der Waals surface area contributed by atoms with Crippen molar-refractivity contribution >= 4 is 11.9 Å². The molecule has 2 N–H and O–H groups in total. The van der Waals surface area contributed by atoms with Crippen molar-refractivity contribution in [2.75, 3.05) is 11.9 Å². The quantitative estimate of drug-likeness (QED) is 0.788. The second kappa shape index (κ2) is 7.73. The van der Waals surface area contributed by atoms with Crippen molar-refractivity contribution in [2.45, 2.75) is 12.2 Å². The minimum absolute atomic E-state index is 0.126. The lowest BCUT2D eigenvalue weighted by atomic mass is 10.1. The number of carbonyl (C=O) groups is 1. The van der Waals surface area contributed by atoms with E-state index in [1.54, 1.807) is 11.4 Å². The van der Waals surface area contributed by atoms with Crippen LogP contribution in [0.25, 0.3) is 0 Å². The molecule has 1 amide bonds. The highest BCUT2D eigenvalue weighted by Gasteiger charge is 2.38. The van der Waals surface area contributed by atoms with E-state index in [0.29, 0.717) is 6.07 Å². The SMILES string of the molecule is N#Cc1cnc(NC(CNC(=O)C(F)(F)F)c2ccc(F)cc2F)nc1. The lowest BCUT2D eigenvalue weighted by Gasteiger charge is -2.20. The van der Waals surface area contributed by atoms with Gasteiger partial charge in [-0.3, -0.25) is 4.79 Å². The molecule has 6 nitrogen and oxygen atoms in total. The Balaban J connectivity index is 2.25. The van der Waals surface area contributed by atoms with Crippen LogP contribution in [0.5, 0.6) is 0 Å². The van der Waals surface area contributed by atoms with Crippen LogP contribution >= 0.6 is 0 Å². The highest BCUT2D eigenvalue weighted by Crippen LogP contribution is 2.22. The number of anilines is 1. The second-order valence-corrected chi connectivity index (χ2v) is 4.98. The summed E-state index contributed by atoms with van der Waals surface area (Å²) in [5, 5.41) is 12.8. The third-order valence-corrected chi connectivity index (χ3v) is 3.15. The van der Waals surface area contributed by atoms with Crippen molar-refractivity contribution in [3.8, 4) is 6.07 Å². The van der Waals surface area contributed by atoms with Gasteiger partial charge in [0.05, 0.1) is 24.0 Å². The number of hydrogen-bond acceptors (Lipinski definition) is 5. The van der Waals surface area contributed by atoms with Crippen LogP contribution in [0.1, 0.15) is 17.2 Å². The Labute approximate surface area is 143 Å². The molecule has 0 saturated heterocycles. The highest BCUT2D eigenvalue weighted by atomic mass is 19.4. The van der Waals surface area contributed by atoms with Gasteiger partial charge >= 0.3 is 12.1 Å². The average molecular weight is 371 g/mol. The topological polar surface area (TPSA) is 90.7 Å². The molecule has 2 rings (SSSR count). The maximum absolute atomic E-state index is 14.0. The smallest absolute Gasteiger partial charge is 0.346 e. The first-order valence-corrected chi connectivity index (χ1v) is 6.99. The number of carbonyl (C=O) groups excluding carboxylic acids is 1. The summed E-state index contributed by atoms with van der Waals surface area (Å²) in [4.78, 5) is 18.5. The standard InChI is InChI=1S/C15H10F5N5O/c16-9-1-2-10(11(17)3-9)12(7-22-13(26)15(18,19)20)25-14-23-5-8(4-21)6-24-14/h1-3,5-6,12H,7H2,(H,22,26)(H,23,24,25). The van der Waals surface area contributed by atoms with E-state index in [1.165, 1.54) is 0 Å². The number of nitrogens with one attached hydrogen (secondary N) is 2. The maximum Gasteiger partial charge on any atom is 0.471 e. The van der Waals surface area contributed by atoms with Gasteiger partial charge in [0, 0.05) is 18.2 Å². The summed E-state index contributed by atoms with van der Waals surface area (Å²) in [5.41, 5.74) is -0.0766. The van der Waals surface area contributed by atoms with Gasteiger partial charge in [0.25, 0.3) is 0 Å². The number of amides is 1. The van der Waals surface area contributed by atoms with Crippen molar-refractivity contribution in [2.24, 2.45) is 0 Å². The first-order valence-electron chi connectivity index (χ1n) is 6.99. The molecule has 1 aromatic heterocycles. The number of halogens is 5. The van der Waals surface area contributed by atoms with Crippen LogP contribution in [0.3, 0.4) is 0 Å². The largest absolute Gasteiger partial charge is 0.471 e. The van der Waals surface area contributed by atoms with E-state index < -0.39 is 36.3 Å². The first-order chi connectivity index (χ1) is 12.2. The minimum Gasteiger partial charge on any atom is -0.346 e. The fraction of sp³-hybridized carbons (Fsp3) is 0.200. The van der Waals surface area contributed by atoms with E-state index in [4.69, 9.17) is 5.26 Å². The fourth-order valence-corrected chi connectivity index (χ4v) is 1.93. The van der Waals surface area contributed by atoms with Crippen molar-refractivity contribution in [1.82, 2.24) is 15.3 Å². The van der Waals surface area contributed by atoms with E-state index >= 15 is 0 Å². The van der Waals surface area contributed by atoms with Gasteiger partial charge in [0.1, 0.15) is 17.7 Å². The minimum atomic E-state index is -5.11. The van der Waals surface area contributed by atoms with Gasteiger partial charge in [0.15, 0.2) is 0 Å². The van der Waals surface area contributed by atoms with Crippen LogP contribution < -0.4 is 10.6 Å². The van der Waals surface area contributed by atoms with E-state index in [2.05, 4.69) is 15.3 Å². The van der Waals surface area contributed by atoms with Crippen LogP contribution in [0.15, 0.2) is 30.6 Å². The number of hydrogen-bond donors (Lipinski definition) is 2. The molecule has 136 valence electrons. The van der Waals surface area contributed by atoms with Gasteiger partial charge in [-0.25, -0.2) is 18.7 Å². The van der Waals surface area contributed by atoms with E-state index in [9.17, 15) is 26.7 Å². The van der Waals surface area contributed by atoms with Crippen LogP contribution in [-0.4, -0.2) is 28.6 Å². The summed E-state index contributed by atoms with van der Waals surface area (Å²) < 4.78 is 64.0. The number of aromatic nitrogens is 2. The fourth-order valence-electron chi connectivity index (χ4n) is 1.93. The monoisotopic (exact) mass is 371 g/mol. The molecule has 0 aliphatic heterocycles. The molecule has 0 spiro atoms. The molecule has 11 heteroatoms. The predicted molar refractivity (Wildman–Crippen MR) is 78.5 cm³/mol. The number of nitrogens with zero attached hydrogens (tertiary/aromatic N) is 3. The second-order valence-electron chi connectivity index (χ2n) is 4.98. The van der Waals surface area contributed by atoms with Crippen molar-refractivity contribution in [3.05, 3.63) is 53.4 Å². The molecule has 1 heterocycles. The average Bonchev–Trinajstić information content (AvgIpc) is 2.58. The molecule has 0 fully saturated rings. The Morgan fingerprint density at radius 2 is 1.88 bits per heavy atom. The summed E-state index contributed by atoms with van der Waals surface area (Å²) in [6, 6.07) is 3.03. The number of rotatable bonds is 5. The van der Waals surface area contributed by atoms with Crippen molar-refractivity contribution in [3.63, 3.8) is 0 Å². The van der Waals surface area contributed by atoms with Gasteiger partial charge in [-0.2, -0.15) is 18.4 Å². The van der Waals surface area contributed by atoms with Gasteiger partial charge in [-0.1, -0.05) is 6.07 Å². The Morgan fingerprint density at radius 3 is 2.42 bits per heavy atom. The van der Waals surface area contributed by atoms with Gasteiger partial charge in [-0.15, -0.1) is 0 Å². The normalized spacial score (nSPS) is 12.2. The number of nitriles is 1. The molecule has 0 aliphatic rings. The molecule has 0 radical (unpaired) electrons. The van der Waals surface area contributed by atoms with Crippen LogP contribution in [0.2, 0.25) is 0 Å². The maximum atomic E-state index is 14.0. The number of alkyl halides is 3. The van der Waals surface area contributed by atoms with E-state index in [1.807, 2.05) is 0 Å². The Bertz CT molecular complexity index is 832. The molecule has 26 heavy (non-hydrogen) atoms. The van der Waals surface area contributed by atoms with E-state index in [0.717, 1.165) is 24.5 Å². The summed E-state index contributed by atoms with van der Waals surface area (Å²) in [6.45, 7) is -0.676. The zero-order valence-corrected chi connectivity index (χ0v) is 12.8. The lowest BCUT2D eigenvalue weighted by molar-refractivity contribution is -0.173. The van der Waals surface area contributed by atoms with Crippen molar-refractivity contribution < 1.29 is 26.7 Å². The third kappa shape index (κ3) is 4.85. The summed E-state index contributed by atoms with van der Waals surface area (Å²) in [7, 11) is 0. The Hall–Kier alpha value is -3.29. The molecule has 1 aromatic carbocycles. The van der Waals surface area contributed by atoms with Crippen LogP contribution in [-0.2, 0) is 4.79 Å². The predicted octanol–water partition coefficient (Wildman–Crippen LogP) is 2.46. The molecule has 0 aliphatic carbocycles. The van der Waals surface area contributed by atoms with Gasteiger partial charge in [-0.05, 0) is 6.07 Å². The third-order valence-electron chi connectivity index (χ3n) is 3.15. The van der Waals surface area contributed by atoms with Crippen molar-refractivity contribution in [1.29, 1.82) is 5.26 Å². The Kier molecular flexibility index (Phi) is 5.66. The molecule has 1 atom stereocenters. The molecular formula is C15H10F5N5O. The zero-order valence-electron chi connectivity index (χ0n) is 12.8. The van der Waals surface area contributed by atoms with Crippen LogP contribution in [0, 0.1) is 23.0 Å². The Morgan fingerprint density at radius 1 is 1.23 bits per heavy atom. The van der Waals surface area contributed by atoms with Gasteiger partial charge < -0.3 is 10.6 Å². The first kappa shape index (κ1) is 19.0. The summed E-state index contributed by atoms with van der Waals surface area (Å²) >= 11 is 0. The van der Waals surface area contributed by atoms with E-state index in [-0.39, 0.29) is 17.1 Å². The molecule has 2 aromatic rings. The highest BCUT2D eigenvalue weighted by molar-refractivity contribution is 5.81. The lowest BCUT2D eigenvalue weighted by Crippen LogP contribution is -2.40. The molecule has 0 saturated carbocycles. The summed E-state index contributed by atoms with van der Waals surface area (Å²) in [6.07, 6.45) is -2.83. The van der Waals surface area contributed by atoms with Gasteiger partial charge in [0.2, 0.25) is 5.95 Å². The summed E-state index contributed by atoms with van der Waals surface area (Å²) in [5.74, 6) is -4.25. The van der Waals surface area contributed by atoms with Crippen LogP contribution in [0.4, 0.5) is 27.9 Å².